The molecule has 6 heteroatoms. The number of aromatic nitrogens is 1. The van der Waals surface area contributed by atoms with Gasteiger partial charge in [-0.1, -0.05) is 12.5 Å². The Labute approximate surface area is 121 Å². The average Bonchev–Trinajstić information content (AvgIpc) is 2.39. The molecule has 0 bridgehead atoms. The van der Waals surface area contributed by atoms with E-state index in [2.05, 4.69) is 10.3 Å². The Bertz CT molecular complexity index is 532. The molecular weight excluding hydrogens is 274 g/mol. The fraction of sp³-hybridized carbons (Fsp3) is 0.643. The third-order valence-corrected chi connectivity index (χ3v) is 5.88. The van der Waals surface area contributed by atoms with Crippen LogP contribution in [0.4, 0.5) is 0 Å². The molecule has 2 heterocycles. The Morgan fingerprint density at radius 2 is 1.95 bits per heavy atom. The van der Waals surface area contributed by atoms with Gasteiger partial charge in [-0.05, 0) is 45.4 Å². The first kappa shape index (κ1) is 15.4. The van der Waals surface area contributed by atoms with Gasteiger partial charge in [-0.25, -0.2) is 13.4 Å². The fourth-order valence-corrected chi connectivity index (χ4v) is 4.65. The van der Waals surface area contributed by atoms with Gasteiger partial charge in [-0.2, -0.15) is 4.31 Å². The normalized spacial score (nSPS) is 24.8. The zero-order valence-corrected chi connectivity index (χ0v) is 13.2. The van der Waals surface area contributed by atoms with Gasteiger partial charge in [0.05, 0.1) is 0 Å². The molecule has 0 aliphatic carbocycles. The highest BCUT2D eigenvalue weighted by molar-refractivity contribution is 7.89. The molecule has 0 aromatic carbocycles. The lowest BCUT2D eigenvalue weighted by molar-refractivity contribution is 0.203. The summed E-state index contributed by atoms with van der Waals surface area (Å²) in [5.74, 6) is 0. The lowest BCUT2D eigenvalue weighted by Gasteiger charge is -2.37. The van der Waals surface area contributed by atoms with E-state index in [4.69, 9.17) is 0 Å². The first-order valence-corrected chi connectivity index (χ1v) is 8.54. The van der Waals surface area contributed by atoms with Gasteiger partial charge in [0.25, 0.3) is 10.0 Å². The summed E-state index contributed by atoms with van der Waals surface area (Å²) in [6, 6.07) is 3.51. The van der Waals surface area contributed by atoms with Crippen molar-refractivity contribution in [1.82, 2.24) is 14.6 Å². The molecule has 1 aliphatic heterocycles. The number of rotatable bonds is 4. The van der Waals surface area contributed by atoms with E-state index in [1.165, 1.54) is 0 Å². The predicted molar refractivity (Wildman–Crippen MR) is 78.8 cm³/mol. The van der Waals surface area contributed by atoms with E-state index in [-0.39, 0.29) is 17.1 Å². The first-order valence-electron chi connectivity index (χ1n) is 7.10. The zero-order valence-electron chi connectivity index (χ0n) is 12.3. The maximum Gasteiger partial charge on any atom is 0.261 e. The van der Waals surface area contributed by atoms with Crippen molar-refractivity contribution in [2.45, 2.75) is 56.8 Å². The largest absolute Gasteiger partial charge is 0.316 e. The second kappa shape index (κ2) is 6.20. The third kappa shape index (κ3) is 3.02. The molecule has 1 aliphatic rings. The van der Waals surface area contributed by atoms with Gasteiger partial charge in [-0.15, -0.1) is 0 Å². The highest BCUT2D eigenvalue weighted by Gasteiger charge is 2.36. The van der Waals surface area contributed by atoms with Crippen molar-refractivity contribution in [3.8, 4) is 0 Å². The Morgan fingerprint density at radius 1 is 1.30 bits per heavy atom. The smallest absolute Gasteiger partial charge is 0.261 e. The summed E-state index contributed by atoms with van der Waals surface area (Å²) < 4.78 is 27.1. The average molecular weight is 297 g/mol. The highest BCUT2D eigenvalue weighted by atomic mass is 32.2. The highest BCUT2D eigenvalue weighted by Crippen LogP contribution is 2.28. The van der Waals surface area contributed by atoms with Crippen LogP contribution in [-0.2, 0) is 16.6 Å². The molecule has 112 valence electrons. The number of hydrogen-bond donors (Lipinski definition) is 1. The monoisotopic (exact) mass is 297 g/mol. The Morgan fingerprint density at radius 3 is 2.45 bits per heavy atom. The number of sulfonamides is 1. The van der Waals surface area contributed by atoms with Crippen LogP contribution in [-0.4, -0.2) is 36.8 Å². The maximum atomic E-state index is 12.7. The van der Waals surface area contributed by atoms with E-state index >= 15 is 0 Å². The molecule has 1 aromatic heterocycles. The van der Waals surface area contributed by atoms with Crippen molar-refractivity contribution in [2.75, 3.05) is 7.05 Å². The summed E-state index contributed by atoms with van der Waals surface area (Å²) in [7, 11) is -1.64. The van der Waals surface area contributed by atoms with Crippen molar-refractivity contribution >= 4 is 10.0 Å². The molecule has 1 saturated heterocycles. The van der Waals surface area contributed by atoms with Crippen LogP contribution in [0.3, 0.4) is 0 Å². The van der Waals surface area contributed by atoms with Crippen LogP contribution in [0.2, 0.25) is 0 Å². The number of nitrogens with one attached hydrogen (secondary N) is 1. The van der Waals surface area contributed by atoms with Crippen molar-refractivity contribution in [1.29, 1.82) is 0 Å². The molecule has 20 heavy (non-hydrogen) atoms. The minimum Gasteiger partial charge on any atom is -0.316 e. The van der Waals surface area contributed by atoms with Crippen molar-refractivity contribution in [3.63, 3.8) is 0 Å². The summed E-state index contributed by atoms with van der Waals surface area (Å²) in [4.78, 5) is 4.14. The summed E-state index contributed by atoms with van der Waals surface area (Å²) in [6.07, 6.45) is 4.55. The summed E-state index contributed by atoms with van der Waals surface area (Å²) in [6.45, 7) is 4.63. The molecule has 0 radical (unpaired) electrons. The van der Waals surface area contributed by atoms with Gasteiger partial charge in [0.15, 0.2) is 5.03 Å². The van der Waals surface area contributed by atoms with Crippen LogP contribution < -0.4 is 5.32 Å². The molecule has 2 rings (SSSR count). The van der Waals surface area contributed by atoms with Crippen LogP contribution in [0.5, 0.6) is 0 Å². The fourth-order valence-electron chi connectivity index (χ4n) is 2.85. The molecule has 5 nitrogen and oxygen atoms in total. The molecule has 1 fully saturated rings. The molecule has 2 atom stereocenters. The van der Waals surface area contributed by atoms with E-state index in [0.717, 1.165) is 24.8 Å². The summed E-state index contributed by atoms with van der Waals surface area (Å²) in [5.41, 5.74) is 0.978. The third-order valence-electron chi connectivity index (χ3n) is 3.83. The van der Waals surface area contributed by atoms with Gasteiger partial charge in [-0.3, -0.25) is 0 Å². The van der Waals surface area contributed by atoms with Crippen molar-refractivity contribution in [3.05, 3.63) is 23.9 Å². The Hall–Kier alpha value is -0.980. The quantitative estimate of drug-likeness (QED) is 0.920. The lowest BCUT2D eigenvalue weighted by Crippen LogP contribution is -2.47. The molecule has 2 unspecified atom stereocenters. The molecule has 0 spiro atoms. The Balaban J connectivity index is 2.29. The standard InChI is InChI=1S/C14H23N3O2S/c1-11-5-4-6-12(2)17(11)20(18,19)14-8-7-13(9-15-3)10-16-14/h7-8,10-12,15H,4-6,9H2,1-3H3. The summed E-state index contributed by atoms with van der Waals surface area (Å²) in [5, 5.41) is 3.17. The predicted octanol–water partition coefficient (Wildman–Crippen LogP) is 1.75. The SMILES string of the molecule is CNCc1ccc(S(=O)(=O)N2C(C)CCCC2C)nc1. The molecule has 0 amide bonds. The van der Waals surface area contributed by atoms with Crippen LogP contribution in [0, 0.1) is 0 Å². The van der Waals surface area contributed by atoms with Gasteiger partial charge in [0.2, 0.25) is 0 Å². The number of piperidine rings is 1. The minimum absolute atomic E-state index is 0.0440. The van der Waals surface area contributed by atoms with E-state index < -0.39 is 10.0 Å². The molecule has 1 N–H and O–H groups in total. The second-order valence-electron chi connectivity index (χ2n) is 5.50. The zero-order chi connectivity index (χ0) is 14.8. The lowest BCUT2D eigenvalue weighted by atomic mass is 10.0. The minimum atomic E-state index is -3.49. The van der Waals surface area contributed by atoms with E-state index in [1.54, 1.807) is 16.6 Å². The van der Waals surface area contributed by atoms with E-state index in [1.807, 2.05) is 27.0 Å². The van der Waals surface area contributed by atoms with Crippen LogP contribution in [0.1, 0.15) is 38.7 Å². The molecule has 1 aromatic rings. The number of nitrogens with zero attached hydrogens (tertiary/aromatic N) is 2. The van der Waals surface area contributed by atoms with E-state index in [0.29, 0.717) is 6.54 Å². The number of pyridine rings is 1. The first-order chi connectivity index (χ1) is 9.46. The van der Waals surface area contributed by atoms with E-state index in [9.17, 15) is 8.42 Å². The van der Waals surface area contributed by atoms with Crippen molar-refractivity contribution in [2.24, 2.45) is 0 Å². The Kier molecular flexibility index (Phi) is 4.78. The molecule has 0 saturated carbocycles. The van der Waals surface area contributed by atoms with Gasteiger partial charge < -0.3 is 5.32 Å². The van der Waals surface area contributed by atoms with Crippen molar-refractivity contribution < 1.29 is 8.42 Å². The topological polar surface area (TPSA) is 62.3 Å². The summed E-state index contributed by atoms with van der Waals surface area (Å²) >= 11 is 0. The van der Waals surface area contributed by atoms with Crippen LogP contribution >= 0.6 is 0 Å². The number of hydrogen-bond acceptors (Lipinski definition) is 4. The van der Waals surface area contributed by atoms with Crippen LogP contribution in [0.15, 0.2) is 23.4 Å². The van der Waals surface area contributed by atoms with Gasteiger partial charge >= 0.3 is 0 Å². The molecular formula is C14H23N3O2S. The maximum absolute atomic E-state index is 12.7. The second-order valence-corrected chi connectivity index (χ2v) is 7.29. The van der Waals surface area contributed by atoms with Gasteiger partial charge in [0.1, 0.15) is 0 Å². The van der Waals surface area contributed by atoms with Crippen LogP contribution in [0.25, 0.3) is 0 Å². The van der Waals surface area contributed by atoms with Gasteiger partial charge in [0, 0.05) is 24.8 Å².